The molecule has 9 aliphatic rings. The predicted molar refractivity (Wildman–Crippen MR) is 260 cm³/mol. The highest BCUT2D eigenvalue weighted by Gasteiger charge is 2.70. The molecule has 0 aromatic rings. The molecule has 22 heteroatoms. The minimum atomic E-state index is -2.18. The van der Waals surface area contributed by atoms with Gasteiger partial charge in [-0.2, -0.15) is 0 Å². The van der Waals surface area contributed by atoms with Gasteiger partial charge in [0.2, 0.25) is 12.1 Å². The number of hydrogen-bond donors (Lipinski definition) is 11. The molecule has 0 aromatic heterocycles. The second-order valence-electron chi connectivity index (χ2n) is 25.8. The van der Waals surface area contributed by atoms with Gasteiger partial charge in [0, 0.05) is 10.8 Å². The summed E-state index contributed by atoms with van der Waals surface area (Å²) < 4.78 is 48.6. The van der Waals surface area contributed by atoms with Gasteiger partial charge in [0.25, 0.3) is 0 Å². The smallest absolute Gasteiger partial charge is 0.335 e. The zero-order valence-electron chi connectivity index (χ0n) is 44.9. The molecule has 11 N–H and O–H groups in total. The van der Waals surface area contributed by atoms with E-state index in [1.54, 1.807) is 6.92 Å². The number of carboxylic acid groups (broad SMARTS) is 2. The summed E-state index contributed by atoms with van der Waals surface area (Å²) >= 11 is 0. The Hall–Kier alpha value is -2.91. The summed E-state index contributed by atoms with van der Waals surface area (Å²) in [5.41, 5.74) is -0.723. The van der Waals surface area contributed by atoms with E-state index < -0.39 is 128 Å². The number of Topliss-reactive ketones (excluding diaryl/α,β-unsaturated/α-hetero) is 1. The van der Waals surface area contributed by atoms with Crippen LogP contribution in [-0.2, 0) is 52.3 Å². The second kappa shape index (κ2) is 20.3. The summed E-state index contributed by atoms with van der Waals surface area (Å²) in [5.74, 6) is -3.85. The van der Waals surface area contributed by atoms with Crippen molar-refractivity contribution in [3.05, 3.63) is 23.2 Å². The largest absolute Gasteiger partial charge is 0.502 e. The molecule has 5 aliphatic carbocycles. The van der Waals surface area contributed by atoms with Crippen molar-refractivity contribution in [3.8, 4) is 0 Å². The third-order valence-corrected chi connectivity index (χ3v) is 21.0. The van der Waals surface area contributed by atoms with Crippen molar-refractivity contribution in [2.75, 3.05) is 6.61 Å². The molecule has 22 nitrogen and oxygen atoms in total. The van der Waals surface area contributed by atoms with Gasteiger partial charge >= 0.3 is 11.9 Å². The highest BCUT2D eigenvalue weighted by atomic mass is 16.8. The van der Waals surface area contributed by atoms with Gasteiger partial charge in [-0.25, -0.2) is 9.59 Å². The molecule has 0 bridgehead atoms. The van der Waals surface area contributed by atoms with Gasteiger partial charge in [-0.1, -0.05) is 60.1 Å². The first kappa shape index (κ1) is 57.8. The zero-order chi connectivity index (χ0) is 55.7. The number of aliphatic carboxylic acids is 2. The van der Waals surface area contributed by atoms with Crippen LogP contribution in [0.25, 0.3) is 0 Å². The number of aliphatic hydroxyl groups is 9. The molecular formula is C54H82O22. The van der Waals surface area contributed by atoms with Crippen molar-refractivity contribution in [3.63, 3.8) is 0 Å². The van der Waals surface area contributed by atoms with Crippen LogP contribution in [0.5, 0.6) is 0 Å². The number of ketones is 1. The van der Waals surface area contributed by atoms with Crippen LogP contribution in [0.3, 0.4) is 0 Å². The molecule has 1 unspecified atom stereocenters. The van der Waals surface area contributed by atoms with Crippen LogP contribution in [0.1, 0.15) is 127 Å². The summed E-state index contributed by atoms with van der Waals surface area (Å²) in [6.07, 6.45) is -21.8. The quantitative estimate of drug-likeness (QED) is 0.104. The van der Waals surface area contributed by atoms with E-state index in [1.807, 2.05) is 6.92 Å². The molecule has 76 heavy (non-hydrogen) atoms. The third kappa shape index (κ3) is 9.18. The topological polar surface area (TPSA) is 348 Å². The van der Waals surface area contributed by atoms with E-state index in [0.717, 1.165) is 38.5 Å². The fraction of sp³-hybridized carbons (Fsp3) is 0.870. The fourth-order valence-electron chi connectivity index (χ4n) is 16.3. The monoisotopic (exact) mass is 1080 g/mol. The summed E-state index contributed by atoms with van der Waals surface area (Å²) in [6, 6.07) is 0. The Bertz CT molecular complexity index is 2290. The van der Waals surface area contributed by atoms with Crippen molar-refractivity contribution in [2.24, 2.45) is 50.2 Å². The Morgan fingerprint density at radius 1 is 0.658 bits per heavy atom. The van der Waals surface area contributed by atoms with E-state index in [2.05, 4.69) is 47.6 Å². The molecule has 4 heterocycles. The maximum Gasteiger partial charge on any atom is 0.335 e. The summed E-state index contributed by atoms with van der Waals surface area (Å²) in [4.78, 5) is 37.6. The Morgan fingerprint density at radius 3 is 1.83 bits per heavy atom. The molecule has 7 fully saturated rings. The number of fused-ring (bicyclic) bond motifs is 7. The average molecular weight is 1080 g/mol. The number of ether oxygens (including phenoxy) is 8. The van der Waals surface area contributed by atoms with Crippen LogP contribution in [0.2, 0.25) is 0 Å². The molecule has 26 atom stereocenters. The molecule has 0 spiro atoms. The van der Waals surface area contributed by atoms with Crippen LogP contribution in [0, 0.1) is 50.2 Å². The molecule has 4 aliphatic heterocycles. The van der Waals surface area contributed by atoms with Gasteiger partial charge in [-0.3, -0.25) is 4.79 Å². The fourth-order valence-corrected chi connectivity index (χ4v) is 16.3. The summed E-state index contributed by atoms with van der Waals surface area (Å²) in [7, 11) is 0. The highest BCUT2D eigenvalue weighted by molar-refractivity contribution is 5.94. The van der Waals surface area contributed by atoms with Crippen LogP contribution in [0.4, 0.5) is 0 Å². The maximum atomic E-state index is 12.7. The number of hydrogen-bond acceptors (Lipinski definition) is 20. The lowest BCUT2D eigenvalue weighted by Gasteiger charge is -2.72. The maximum absolute atomic E-state index is 12.7. The molecule has 430 valence electrons. The molecule has 9 rings (SSSR count). The minimum absolute atomic E-state index is 0.0600. The first-order valence-electron chi connectivity index (χ1n) is 27.1. The van der Waals surface area contributed by atoms with Crippen LogP contribution < -0.4 is 0 Å². The van der Waals surface area contributed by atoms with E-state index in [9.17, 15) is 70.6 Å². The summed E-state index contributed by atoms with van der Waals surface area (Å²) in [5, 5.41) is 119. The molecule has 0 amide bonds. The Labute approximate surface area is 442 Å². The predicted octanol–water partition coefficient (Wildman–Crippen LogP) is 1.93. The second-order valence-corrected chi connectivity index (χ2v) is 25.8. The van der Waals surface area contributed by atoms with Gasteiger partial charge in [-0.05, 0) is 111 Å². The third-order valence-electron chi connectivity index (χ3n) is 21.0. The van der Waals surface area contributed by atoms with Crippen molar-refractivity contribution in [1.82, 2.24) is 0 Å². The van der Waals surface area contributed by atoms with E-state index in [4.69, 9.17) is 37.9 Å². The first-order valence-corrected chi connectivity index (χ1v) is 27.1. The Balaban J connectivity index is 0.986. The van der Waals surface area contributed by atoms with E-state index in [1.165, 1.54) is 12.5 Å². The Kier molecular flexibility index (Phi) is 15.4. The SMILES string of the molecule is CC1=C(O)C(=O)CC(O[C@@H]2CC(C)(C)C[C@H]3C4=CC[C@@H]5[C@@]6(C)CC[C@H](O[C@@H]7O[C@H](C(=O)O)[C@@H](O)[C@H](O)[C@H]7O[C@@H]7O[C@H](C(=O)O)[C@@H](O)[C@H](O)[C@H]7O[C@@H]7O[C@@H](C)[C@H](O)[C@@H](O)[C@H]7O)[C@](C)(CO)[C@@H]6CC[C@@]5(C)[C@]4(C)CC[C@@]23C)O1. The molecule has 4 saturated carbocycles. The molecule has 0 radical (unpaired) electrons. The number of carbonyl (C=O) groups is 3. The molecular weight excluding hydrogens is 1000 g/mol. The van der Waals surface area contributed by atoms with Gasteiger partial charge in [0.15, 0.2) is 36.8 Å². The average Bonchev–Trinajstić information content (AvgIpc) is 3.53. The van der Waals surface area contributed by atoms with E-state index in [0.29, 0.717) is 19.3 Å². The van der Waals surface area contributed by atoms with Gasteiger partial charge in [0.1, 0.15) is 60.7 Å². The van der Waals surface area contributed by atoms with E-state index in [-0.39, 0.29) is 75.5 Å². The van der Waals surface area contributed by atoms with Gasteiger partial charge in [-0.15, -0.1) is 0 Å². The summed E-state index contributed by atoms with van der Waals surface area (Å²) in [6.45, 7) is 18.5. The van der Waals surface area contributed by atoms with Crippen LogP contribution >= 0.6 is 0 Å². The number of carboxylic acids is 2. The molecule has 3 saturated heterocycles. The van der Waals surface area contributed by atoms with Crippen LogP contribution in [-0.4, -0.2) is 191 Å². The standard InChI is InChI=1S/C54H82O22/c1-22-32(57)26(56)18-31(69-22)71-30-20-49(3,4)19-25-24-10-11-28-51(6)14-13-29(52(7,21-55)27(51)12-15-54(28,9)53(24,8)17-16-50(25,30)5)72-47-42(37(62)35(60)40(73-47)44(65)66)76-48-43(38(63)36(61)41(74-48)45(67)68)75-46-39(64)34(59)33(58)23(2)70-46/h10,23,25,27-31,33-43,46-48,55,57-64H,11-21H2,1-9H3,(H,65,66)(H,67,68)/t23-,25-,27+,28+,29-,30+,31?,33-,34+,35-,36-,37-,38-,39+,40-,41-,42+,43+,46-,47+,48-,50+,51-,52+,53+,54+/m0/s1. The number of carbonyl (C=O) groups excluding carboxylic acids is 1. The van der Waals surface area contributed by atoms with E-state index >= 15 is 0 Å². The van der Waals surface area contributed by atoms with Crippen molar-refractivity contribution < 1.29 is 108 Å². The minimum Gasteiger partial charge on any atom is -0.502 e. The normalized spacial score (nSPS) is 52.2. The lowest BCUT2D eigenvalue weighted by molar-refractivity contribution is -0.393. The lowest BCUT2D eigenvalue weighted by atomic mass is 9.33. The molecule has 0 aromatic carbocycles. The highest BCUT2D eigenvalue weighted by Crippen LogP contribution is 2.76. The number of rotatable bonds is 11. The number of aliphatic hydroxyl groups excluding tert-OH is 9. The van der Waals surface area contributed by atoms with Crippen molar-refractivity contribution in [2.45, 2.75) is 237 Å². The Morgan fingerprint density at radius 2 is 1.25 bits per heavy atom. The van der Waals surface area contributed by atoms with Gasteiger partial charge < -0.3 is 94.1 Å². The van der Waals surface area contributed by atoms with Crippen molar-refractivity contribution >= 4 is 17.7 Å². The lowest BCUT2D eigenvalue weighted by Crippen LogP contribution is -2.68. The first-order chi connectivity index (χ1) is 35.4. The van der Waals surface area contributed by atoms with Crippen molar-refractivity contribution in [1.29, 1.82) is 0 Å². The number of allylic oxidation sites excluding steroid dienone is 4. The zero-order valence-corrected chi connectivity index (χ0v) is 44.9. The van der Waals surface area contributed by atoms with Crippen LogP contribution in [0.15, 0.2) is 23.2 Å². The van der Waals surface area contributed by atoms with Gasteiger partial charge in [0.05, 0.1) is 31.3 Å².